The van der Waals surface area contributed by atoms with Crippen LogP contribution in [0.1, 0.15) is 31.4 Å². The van der Waals surface area contributed by atoms with Crippen molar-refractivity contribution >= 4 is 0 Å². The Balaban J connectivity index is 2.00. The zero-order valence-corrected chi connectivity index (χ0v) is 12.7. The van der Waals surface area contributed by atoms with Crippen LogP contribution in [-0.2, 0) is 17.8 Å². The van der Waals surface area contributed by atoms with Crippen molar-refractivity contribution in [1.29, 1.82) is 0 Å². The smallest absolute Gasteiger partial charge is 0.127 e. The summed E-state index contributed by atoms with van der Waals surface area (Å²) in [6, 6.07) is 6.24. The summed E-state index contributed by atoms with van der Waals surface area (Å²) in [5, 5.41) is 3.36. The summed E-state index contributed by atoms with van der Waals surface area (Å²) >= 11 is 0. The number of ether oxygens (including phenoxy) is 1. The molecule has 0 radical (unpaired) electrons. The molecule has 1 aromatic rings. The van der Waals surface area contributed by atoms with Gasteiger partial charge in [-0.2, -0.15) is 0 Å². The van der Waals surface area contributed by atoms with Gasteiger partial charge in [-0.05, 0) is 25.1 Å². The fourth-order valence-electron chi connectivity index (χ4n) is 2.45. The van der Waals surface area contributed by atoms with E-state index in [-0.39, 0.29) is 5.82 Å². The maximum absolute atomic E-state index is 13.9. The molecule has 112 valence electrons. The molecule has 3 nitrogen and oxygen atoms in total. The van der Waals surface area contributed by atoms with Gasteiger partial charge in [0.25, 0.3) is 0 Å². The molecule has 0 aromatic heterocycles. The number of hydrogen-bond acceptors (Lipinski definition) is 3. The van der Waals surface area contributed by atoms with E-state index >= 15 is 0 Å². The monoisotopic (exact) mass is 280 g/mol. The van der Waals surface area contributed by atoms with Crippen LogP contribution >= 0.6 is 0 Å². The first-order chi connectivity index (χ1) is 9.56. The average Bonchev–Trinajstić information content (AvgIpc) is 2.93. The molecule has 1 heterocycles. The molecule has 1 unspecified atom stereocenters. The molecule has 1 aliphatic heterocycles. The van der Waals surface area contributed by atoms with Crippen LogP contribution in [0.25, 0.3) is 0 Å². The Kier molecular flexibility index (Phi) is 5.52. The number of benzene rings is 1. The van der Waals surface area contributed by atoms with Gasteiger partial charge in [0.05, 0.1) is 6.61 Å². The van der Waals surface area contributed by atoms with Crippen molar-refractivity contribution in [1.82, 2.24) is 10.2 Å². The van der Waals surface area contributed by atoms with Gasteiger partial charge in [0.15, 0.2) is 0 Å². The number of rotatable bonds is 6. The first-order valence-electron chi connectivity index (χ1n) is 7.35. The highest BCUT2D eigenvalue weighted by atomic mass is 19.1. The van der Waals surface area contributed by atoms with Gasteiger partial charge in [-0.25, -0.2) is 4.39 Å². The number of halogens is 1. The summed E-state index contributed by atoms with van der Waals surface area (Å²) < 4.78 is 19.3. The number of likely N-dealkylation sites (N-methyl/N-ethyl adjacent to an activating group) is 1. The van der Waals surface area contributed by atoms with Gasteiger partial charge >= 0.3 is 0 Å². The molecule has 1 atom stereocenters. The zero-order valence-electron chi connectivity index (χ0n) is 12.7. The molecule has 1 N–H and O–H groups in total. The zero-order chi connectivity index (χ0) is 14.5. The van der Waals surface area contributed by atoms with E-state index in [1.807, 2.05) is 19.2 Å². The molecule has 0 saturated carbocycles. The molecule has 1 saturated heterocycles. The predicted molar refractivity (Wildman–Crippen MR) is 79.1 cm³/mol. The second kappa shape index (κ2) is 7.16. The summed E-state index contributed by atoms with van der Waals surface area (Å²) in [6.45, 7) is 7.20. The van der Waals surface area contributed by atoms with Crippen molar-refractivity contribution < 1.29 is 9.13 Å². The molecule has 1 aliphatic rings. The van der Waals surface area contributed by atoms with Gasteiger partial charge < -0.3 is 10.1 Å². The minimum Gasteiger partial charge on any atom is -0.380 e. The molecule has 0 aliphatic carbocycles. The van der Waals surface area contributed by atoms with Crippen LogP contribution < -0.4 is 5.32 Å². The van der Waals surface area contributed by atoms with Gasteiger partial charge in [-0.3, -0.25) is 4.90 Å². The van der Waals surface area contributed by atoms with Crippen molar-refractivity contribution in [3.8, 4) is 0 Å². The molecular weight excluding hydrogens is 255 g/mol. The topological polar surface area (TPSA) is 24.5 Å². The van der Waals surface area contributed by atoms with Gasteiger partial charge in [0, 0.05) is 37.3 Å². The van der Waals surface area contributed by atoms with Gasteiger partial charge in [0.2, 0.25) is 0 Å². The predicted octanol–water partition coefficient (Wildman–Crippen LogP) is 2.54. The molecule has 0 bridgehead atoms. The van der Waals surface area contributed by atoms with E-state index in [9.17, 15) is 4.39 Å². The SMILES string of the molecule is CC(C)NCc1ccc(F)c(CN(C)C2CCOC2)c1. The van der Waals surface area contributed by atoms with Crippen molar-refractivity contribution in [2.45, 2.75) is 45.4 Å². The number of nitrogens with zero attached hydrogens (tertiary/aromatic N) is 1. The summed E-state index contributed by atoms with van der Waals surface area (Å²) in [5.41, 5.74) is 1.90. The fraction of sp³-hybridized carbons (Fsp3) is 0.625. The molecule has 2 rings (SSSR count). The van der Waals surface area contributed by atoms with Crippen LogP contribution in [0, 0.1) is 5.82 Å². The van der Waals surface area contributed by atoms with E-state index in [0.29, 0.717) is 18.6 Å². The largest absolute Gasteiger partial charge is 0.380 e. The Morgan fingerprint density at radius 1 is 1.45 bits per heavy atom. The second-order valence-corrected chi connectivity index (χ2v) is 5.89. The lowest BCUT2D eigenvalue weighted by molar-refractivity contribution is 0.155. The number of nitrogens with one attached hydrogen (secondary N) is 1. The highest BCUT2D eigenvalue weighted by molar-refractivity contribution is 5.25. The minimum atomic E-state index is -0.121. The molecule has 1 fully saturated rings. The van der Waals surface area contributed by atoms with Gasteiger partial charge in [-0.1, -0.05) is 26.0 Å². The molecule has 1 aromatic carbocycles. The second-order valence-electron chi connectivity index (χ2n) is 5.89. The summed E-state index contributed by atoms with van der Waals surface area (Å²) in [4.78, 5) is 2.19. The van der Waals surface area contributed by atoms with E-state index < -0.39 is 0 Å². The summed E-state index contributed by atoms with van der Waals surface area (Å²) in [5.74, 6) is -0.121. The maximum atomic E-state index is 13.9. The number of hydrogen-bond donors (Lipinski definition) is 1. The van der Waals surface area contributed by atoms with E-state index in [4.69, 9.17) is 4.74 Å². The van der Waals surface area contributed by atoms with Crippen LogP contribution in [0.4, 0.5) is 4.39 Å². The van der Waals surface area contributed by atoms with E-state index in [1.165, 1.54) is 0 Å². The third-order valence-electron chi connectivity index (χ3n) is 3.77. The van der Waals surface area contributed by atoms with Crippen molar-refractivity contribution in [3.05, 3.63) is 35.1 Å². The van der Waals surface area contributed by atoms with Gasteiger partial charge in [-0.15, -0.1) is 0 Å². The van der Waals surface area contributed by atoms with Crippen molar-refractivity contribution in [3.63, 3.8) is 0 Å². The van der Waals surface area contributed by atoms with Crippen LogP contribution in [-0.4, -0.2) is 37.2 Å². The van der Waals surface area contributed by atoms with Crippen molar-refractivity contribution in [2.24, 2.45) is 0 Å². The Morgan fingerprint density at radius 3 is 2.90 bits per heavy atom. The molecule has 20 heavy (non-hydrogen) atoms. The Hall–Kier alpha value is -0.970. The first-order valence-corrected chi connectivity index (χ1v) is 7.35. The normalized spacial score (nSPS) is 19.2. The first kappa shape index (κ1) is 15.4. The standard InChI is InChI=1S/C16H25FN2O/c1-12(2)18-9-13-4-5-16(17)14(8-13)10-19(3)15-6-7-20-11-15/h4-5,8,12,15,18H,6-7,9-11H2,1-3H3. The van der Waals surface area contributed by atoms with E-state index in [1.54, 1.807) is 6.07 Å². The average molecular weight is 280 g/mol. The highest BCUT2D eigenvalue weighted by Gasteiger charge is 2.21. The molecular formula is C16H25FN2O. The van der Waals surface area contributed by atoms with Crippen LogP contribution in [0.15, 0.2) is 18.2 Å². The third kappa shape index (κ3) is 4.27. The lowest BCUT2D eigenvalue weighted by Crippen LogP contribution is -2.31. The highest BCUT2D eigenvalue weighted by Crippen LogP contribution is 2.17. The van der Waals surface area contributed by atoms with Gasteiger partial charge in [0.1, 0.15) is 5.82 Å². The van der Waals surface area contributed by atoms with Crippen molar-refractivity contribution in [2.75, 3.05) is 20.3 Å². The summed E-state index contributed by atoms with van der Waals surface area (Å²) in [7, 11) is 2.04. The lowest BCUT2D eigenvalue weighted by Gasteiger charge is -2.23. The van der Waals surface area contributed by atoms with E-state index in [0.717, 1.165) is 37.3 Å². The van der Waals surface area contributed by atoms with Crippen LogP contribution in [0.3, 0.4) is 0 Å². The van der Waals surface area contributed by atoms with Crippen LogP contribution in [0.5, 0.6) is 0 Å². The molecule has 0 amide bonds. The minimum absolute atomic E-state index is 0.121. The quantitative estimate of drug-likeness (QED) is 0.866. The lowest BCUT2D eigenvalue weighted by atomic mass is 10.1. The molecule has 4 heteroatoms. The summed E-state index contributed by atoms with van der Waals surface area (Å²) in [6.07, 6.45) is 1.03. The molecule has 0 spiro atoms. The third-order valence-corrected chi connectivity index (χ3v) is 3.77. The van der Waals surface area contributed by atoms with E-state index in [2.05, 4.69) is 24.1 Å². The Bertz CT molecular complexity index is 430. The Labute approximate surface area is 121 Å². The van der Waals surface area contributed by atoms with Crippen LogP contribution in [0.2, 0.25) is 0 Å². The Morgan fingerprint density at radius 2 is 2.25 bits per heavy atom. The maximum Gasteiger partial charge on any atom is 0.127 e. The fourth-order valence-corrected chi connectivity index (χ4v) is 2.45.